The van der Waals surface area contributed by atoms with E-state index in [0.29, 0.717) is 5.56 Å². The van der Waals surface area contributed by atoms with Crippen molar-refractivity contribution in [3.63, 3.8) is 0 Å². The molecule has 1 aromatic carbocycles. The summed E-state index contributed by atoms with van der Waals surface area (Å²) in [4.78, 5) is 34.4. The number of aromatic carboxylic acids is 1. The Morgan fingerprint density at radius 1 is 0.846 bits per heavy atom. The third-order valence-electron chi connectivity index (χ3n) is 6.02. The van der Waals surface area contributed by atoms with Crippen molar-refractivity contribution in [1.29, 1.82) is 0 Å². The van der Waals surface area contributed by atoms with Crippen LogP contribution in [-0.4, -0.2) is 108 Å². The number of ether oxygens (including phenoxy) is 2. The monoisotopic (exact) mass is 690 g/mol. The van der Waals surface area contributed by atoms with Crippen LogP contribution in [0.15, 0.2) is 30.3 Å². The fourth-order valence-electron chi connectivity index (χ4n) is 3.40. The van der Waals surface area contributed by atoms with Gasteiger partial charge in [0.2, 0.25) is 0 Å². The molecule has 3 atom stereocenters. The minimum atomic E-state index is -4.76. The molecule has 2 N–H and O–H groups in total. The summed E-state index contributed by atoms with van der Waals surface area (Å²) in [5.41, 5.74) is 0.331. The maximum atomic E-state index is 12.2. The zero-order valence-electron chi connectivity index (χ0n) is 23.3. The molecular formula is C27H47NaO9SSn. The Morgan fingerprint density at radius 2 is 1.31 bits per heavy atom. The van der Waals surface area contributed by atoms with Gasteiger partial charge in [0.1, 0.15) is 0 Å². The molecule has 0 saturated carbocycles. The SMILES string of the molecule is CCCCC(CC)COC(=O)CC(C(=O)OCC(CC)CCCC)S(=O)(=O)O.O=C(O)c1ccccc1.[NaH].[SnH2]. The van der Waals surface area contributed by atoms with E-state index in [1.165, 1.54) is 0 Å². The van der Waals surface area contributed by atoms with Crippen molar-refractivity contribution in [3.8, 4) is 0 Å². The fourth-order valence-corrected chi connectivity index (χ4v) is 4.06. The van der Waals surface area contributed by atoms with Gasteiger partial charge in [-0.05, 0) is 36.8 Å². The molecule has 0 aromatic heterocycles. The number of carboxylic acid groups (broad SMARTS) is 1. The van der Waals surface area contributed by atoms with Crippen LogP contribution in [0.2, 0.25) is 0 Å². The molecule has 12 heteroatoms. The molecular weight excluding hydrogens is 642 g/mol. The number of carbonyl (C=O) groups is 3. The quantitative estimate of drug-likeness (QED) is 0.141. The number of unbranched alkanes of at least 4 members (excludes halogenated alkanes) is 2. The fraction of sp³-hybridized carbons (Fsp3) is 0.667. The number of hydrogen-bond acceptors (Lipinski definition) is 7. The van der Waals surface area contributed by atoms with Gasteiger partial charge in [-0.3, -0.25) is 14.1 Å². The predicted octanol–water partition coefficient (Wildman–Crippen LogP) is 3.97. The van der Waals surface area contributed by atoms with Crippen LogP contribution >= 0.6 is 0 Å². The Kier molecular flexibility index (Phi) is 27.5. The standard InChI is InChI=1S/C20H38O7S.C7H6O2.Na.Sn.3H/c1-5-9-11-16(7-3)14-26-19(21)13-18(28(23,24)25)20(22)27-15-17(8-4)12-10-6-2;8-7(9)6-4-2-1-3-5-6;;;;;/h16-18H,5-15H2,1-4H3,(H,23,24,25);1-5H,(H,8,9);;;;;. The van der Waals surface area contributed by atoms with Crippen molar-refractivity contribution >= 4 is 81.5 Å². The van der Waals surface area contributed by atoms with E-state index in [2.05, 4.69) is 13.8 Å². The van der Waals surface area contributed by atoms with Crippen LogP contribution in [0.1, 0.15) is 95.8 Å². The van der Waals surface area contributed by atoms with Crippen LogP contribution < -0.4 is 0 Å². The Morgan fingerprint density at radius 3 is 1.67 bits per heavy atom. The van der Waals surface area contributed by atoms with Gasteiger partial charge in [-0.2, -0.15) is 8.42 Å². The maximum absolute atomic E-state index is 12.2. The van der Waals surface area contributed by atoms with Crippen LogP contribution in [-0.2, 0) is 29.2 Å². The first-order valence-corrected chi connectivity index (χ1v) is 14.6. The molecule has 39 heavy (non-hydrogen) atoms. The molecule has 220 valence electrons. The summed E-state index contributed by atoms with van der Waals surface area (Å²) in [7, 11) is -4.76. The van der Waals surface area contributed by atoms with Crippen molar-refractivity contribution in [2.45, 2.75) is 90.7 Å². The molecule has 0 aliphatic rings. The molecule has 3 unspecified atom stereocenters. The second-order valence-corrected chi connectivity index (χ2v) is 10.6. The normalized spacial score (nSPS) is 12.7. The number of rotatable bonds is 17. The molecule has 1 rings (SSSR count). The first kappa shape index (κ1) is 42.8. The topological polar surface area (TPSA) is 144 Å². The number of carbonyl (C=O) groups excluding carboxylic acids is 2. The van der Waals surface area contributed by atoms with Crippen molar-refractivity contribution in [2.75, 3.05) is 13.2 Å². The molecule has 0 aliphatic carbocycles. The summed E-state index contributed by atoms with van der Waals surface area (Å²) in [6.07, 6.45) is 6.74. The van der Waals surface area contributed by atoms with E-state index >= 15 is 0 Å². The molecule has 1 aromatic rings. The first-order chi connectivity index (χ1) is 17.5. The van der Waals surface area contributed by atoms with Gasteiger partial charge in [-0.1, -0.05) is 84.4 Å². The van der Waals surface area contributed by atoms with Crippen LogP contribution in [0, 0.1) is 11.8 Å². The molecule has 0 fully saturated rings. The average molecular weight is 689 g/mol. The first-order valence-electron chi connectivity index (χ1n) is 13.1. The van der Waals surface area contributed by atoms with Crippen LogP contribution in [0.4, 0.5) is 0 Å². The van der Waals surface area contributed by atoms with Crippen LogP contribution in [0.5, 0.6) is 0 Å². The summed E-state index contributed by atoms with van der Waals surface area (Å²) in [5, 5.41) is 6.44. The Hall–Kier alpha value is -0.661. The molecule has 0 amide bonds. The van der Waals surface area contributed by atoms with Crippen molar-refractivity contribution < 1.29 is 41.9 Å². The van der Waals surface area contributed by atoms with Gasteiger partial charge in [-0.15, -0.1) is 0 Å². The molecule has 0 spiro atoms. The predicted molar refractivity (Wildman–Crippen MR) is 158 cm³/mol. The van der Waals surface area contributed by atoms with E-state index in [1.807, 2.05) is 13.8 Å². The Balaban J connectivity index is -0.000000992. The third kappa shape index (κ3) is 20.8. The number of esters is 2. The number of carboxylic acids is 1. The van der Waals surface area contributed by atoms with E-state index in [4.69, 9.17) is 14.6 Å². The van der Waals surface area contributed by atoms with E-state index in [0.717, 1.165) is 51.4 Å². The van der Waals surface area contributed by atoms with Gasteiger partial charge in [0, 0.05) is 0 Å². The Bertz CT molecular complexity index is 898. The van der Waals surface area contributed by atoms with E-state index in [-0.39, 0.29) is 78.5 Å². The van der Waals surface area contributed by atoms with E-state index in [1.54, 1.807) is 30.3 Å². The second kappa shape index (κ2) is 25.1. The molecule has 0 saturated heterocycles. The van der Waals surface area contributed by atoms with E-state index in [9.17, 15) is 27.4 Å². The summed E-state index contributed by atoms with van der Waals surface area (Å²) < 4.78 is 42.8. The van der Waals surface area contributed by atoms with Gasteiger partial charge < -0.3 is 14.6 Å². The molecule has 9 nitrogen and oxygen atoms in total. The summed E-state index contributed by atoms with van der Waals surface area (Å²) >= 11 is 0. The molecule has 0 heterocycles. The molecule has 2 radical (unpaired) electrons. The zero-order chi connectivity index (χ0) is 28.3. The summed E-state index contributed by atoms with van der Waals surface area (Å²) in [6.45, 7) is 8.35. The summed E-state index contributed by atoms with van der Waals surface area (Å²) in [6, 6.07) is 8.30. The van der Waals surface area contributed by atoms with Gasteiger partial charge in [0.25, 0.3) is 10.1 Å². The van der Waals surface area contributed by atoms with Gasteiger partial charge in [0.05, 0.1) is 25.2 Å². The number of hydrogen-bond donors (Lipinski definition) is 2. The third-order valence-corrected chi connectivity index (χ3v) is 7.10. The molecule has 0 aliphatic heterocycles. The van der Waals surface area contributed by atoms with Gasteiger partial charge in [-0.25, -0.2) is 4.79 Å². The number of benzene rings is 1. The average Bonchev–Trinajstić information content (AvgIpc) is 2.87. The van der Waals surface area contributed by atoms with Crippen LogP contribution in [0.3, 0.4) is 0 Å². The Labute approximate surface area is 273 Å². The van der Waals surface area contributed by atoms with E-state index < -0.39 is 39.7 Å². The van der Waals surface area contributed by atoms with Crippen LogP contribution in [0.25, 0.3) is 0 Å². The zero-order valence-corrected chi connectivity index (χ0v) is 28.1. The van der Waals surface area contributed by atoms with Gasteiger partial charge in [0.15, 0.2) is 5.25 Å². The van der Waals surface area contributed by atoms with Crippen molar-refractivity contribution in [3.05, 3.63) is 35.9 Å². The van der Waals surface area contributed by atoms with Crippen molar-refractivity contribution in [2.24, 2.45) is 11.8 Å². The second-order valence-electron chi connectivity index (χ2n) is 9.02. The molecule has 0 bridgehead atoms. The van der Waals surface area contributed by atoms with Gasteiger partial charge >= 0.3 is 71.4 Å². The van der Waals surface area contributed by atoms with Crippen molar-refractivity contribution in [1.82, 2.24) is 0 Å². The summed E-state index contributed by atoms with van der Waals surface area (Å²) in [5.74, 6) is -2.48. The minimum absolute atomic E-state index is 0.